The van der Waals surface area contributed by atoms with Crippen LogP contribution in [0.5, 0.6) is 0 Å². The highest BCUT2D eigenvalue weighted by molar-refractivity contribution is 6.05. The van der Waals surface area contributed by atoms with E-state index in [0.29, 0.717) is 23.3 Å². The maximum absolute atomic E-state index is 11.6. The lowest BCUT2D eigenvalue weighted by atomic mass is 10.1. The molecule has 0 bridgehead atoms. The van der Waals surface area contributed by atoms with Gasteiger partial charge in [0.05, 0.1) is 23.3 Å². The number of carbonyl (C=O) groups is 1. The summed E-state index contributed by atoms with van der Waals surface area (Å²) in [5.41, 5.74) is 1.66. The van der Waals surface area contributed by atoms with E-state index in [1.807, 2.05) is 0 Å². The Hall–Kier alpha value is -2.28. The quantitative estimate of drug-likeness (QED) is 0.779. The van der Waals surface area contributed by atoms with Crippen LogP contribution in [0.1, 0.15) is 22.8 Å². The van der Waals surface area contributed by atoms with Crippen molar-refractivity contribution in [3.8, 4) is 6.07 Å². The number of H-pyrrole nitrogens is 1. The summed E-state index contributed by atoms with van der Waals surface area (Å²) in [5.74, 6) is -0.371. The summed E-state index contributed by atoms with van der Waals surface area (Å²) in [7, 11) is 0. The number of nitrogens with zero attached hydrogens (tertiary/aromatic N) is 1. The molecule has 1 aromatic heterocycles. The minimum absolute atomic E-state index is 0.337. The average molecular weight is 214 g/mol. The van der Waals surface area contributed by atoms with Gasteiger partial charge in [0.2, 0.25) is 0 Å². The predicted octanol–water partition coefficient (Wildman–Crippen LogP) is 2.22. The van der Waals surface area contributed by atoms with Crippen LogP contribution >= 0.6 is 0 Å². The fourth-order valence-electron chi connectivity index (χ4n) is 1.63. The third kappa shape index (κ3) is 1.52. The maximum Gasteiger partial charge on any atom is 0.340 e. The van der Waals surface area contributed by atoms with E-state index in [0.717, 1.165) is 5.39 Å². The highest BCUT2D eigenvalue weighted by Gasteiger charge is 2.14. The van der Waals surface area contributed by atoms with Gasteiger partial charge in [-0.3, -0.25) is 0 Å². The Labute approximate surface area is 92.4 Å². The average Bonchev–Trinajstić information content (AvgIpc) is 2.72. The molecule has 1 N–H and O–H groups in total. The first-order valence-corrected chi connectivity index (χ1v) is 4.95. The lowest BCUT2D eigenvalue weighted by Gasteiger charge is -1.99. The second kappa shape index (κ2) is 4.07. The van der Waals surface area contributed by atoms with Gasteiger partial charge >= 0.3 is 5.97 Å². The number of ether oxygens (including phenoxy) is 1. The molecule has 0 aliphatic rings. The van der Waals surface area contributed by atoms with Crippen LogP contribution in [0.15, 0.2) is 24.4 Å². The van der Waals surface area contributed by atoms with Gasteiger partial charge in [-0.1, -0.05) is 12.1 Å². The Balaban J connectivity index is 2.58. The topological polar surface area (TPSA) is 65.9 Å². The smallest absolute Gasteiger partial charge is 0.340 e. The van der Waals surface area contributed by atoms with Crippen LogP contribution in [-0.2, 0) is 4.74 Å². The molecule has 4 nitrogen and oxygen atoms in total. The normalized spacial score (nSPS) is 10.0. The number of nitrogens with one attached hydrogen (secondary N) is 1. The number of hydrogen-bond donors (Lipinski definition) is 1. The van der Waals surface area contributed by atoms with Gasteiger partial charge < -0.3 is 9.72 Å². The minimum Gasteiger partial charge on any atom is -0.462 e. The third-order valence-corrected chi connectivity index (χ3v) is 2.33. The Bertz CT molecular complexity index is 578. The van der Waals surface area contributed by atoms with Crippen LogP contribution in [0.4, 0.5) is 0 Å². The molecule has 2 aromatic rings. The molecule has 16 heavy (non-hydrogen) atoms. The number of fused-ring (bicyclic) bond motifs is 1. The summed E-state index contributed by atoms with van der Waals surface area (Å²) >= 11 is 0. The van der Waals surface area contributed by atoms with Gasteiger partial charge in [0.25, 0.3) is 0 Å². The first kappa shape index (κ1) is 10.2. The van der Waals surface area contributed by atoms with E-state index in [1.54, 1.807) is 31.3 Å². The number of rotatable bonds is 2. The van der Waals surface area contributed by atoms with Crippen molar-refractivity contribution in [3.05, 3.63) is 35.5 Å². The molecule has 0 atom stereocenters. The van der Waals surface area contributed by atoms with E-state index in [2.05, 4.69) is 11.1 Å². The third-order valence-electron chi connectivity index (χ3n) is 2.33. The van der Waals surface area contributed by atoms with Crippen molar-refractivity contribution >= 4 is 16.9 Å². The highest BCUT2D eigenvalue weighted by Crippen LogP contribution is 2.21. The molecule has 0 aliphatic carbocycles. The van der Waals surface area contributed by atoms with Crippen molar-refractivity contribution in [3.63, 3.8) is 0 Å². The number of para-hydroxylation sites is 1. The highest BCUT2D eigenvalue weighted by atomic mass is 16.5. The Morgan fingerprint density at radius 3 is 3.06 bits per heavy atom. The molecule has 0 saturated heterocycles. The monoisotopic (exact) mass is 214 g/mol. The molecule has 1 aromatic carbocycles. The van der Waals surface area contributed by atoms with Crippen LogP contribution in [0.2, 0.25) is 0 Å². The number of aromatic amines is 1. The molecule has 4 heteroatoms. The summed E-state index contributed by atoms with van der Waals surface area (Å²) in [4.78, 5) is 14.5. The predicted molar refractivity (Wildman–Crippen MR) is 59.0 cm³/mol. The van der Waals surface area contributed by atoms with E-state index >= 15 is 0 Å². The van der Waals surface area contributed by atoms with Crippen LogP contribution in [-0.4, -0.2) is 17.6 Å². The molecule has 0 saturated carbocycles. The minimum atomic E-state index is -0.371. The van der Waals surface area contributed by atoms with Crippen molar-refractivity contribution in [2.75, 3.05) is 6.61 Å². The zero-order chi connectivity index (χ0) is 11.5. The Kier molecular flexibility index (Phi) is 2.61. The Morgan fingerprint density at radius 1 is 1.56 bits per heavy atom. The van der Waals surface area contributed by atoms with Gasteiger partial charge in [-0.25, -0.2) is 4.79 Å². The van der Waals surface area contributed by atoms with Gasteiger partial charge in [0.1, 0.15) is 6.07 Å². The fourth-order valence-corrected chi connectivity index (χ4v) is 1.63. The molecule has 0 fully saturated rings. The molecule has 1 heterocycles. The largest absolute Gasteiger partial charge is 0.462 e. The molecule has 0 radical (unpaired) electrons. The molecule has 2 rings (SSSR count). The summed E-state index contributed by atoms with van der Waals surface area (Å²) in [6.45, 7) is 2.09. The molecular formula is C12H10N2O2. The van der Waals surface area contributed by atoms with Gasteiger partial charge in [-0.2, -0.15) is 5.26 Å². The standard InChI is InChI=1S/C12H10N2O2/c1-2-16-12(15)10-7-14-11-8(6-13)4-3-5-9(10)11/h3-5,7,14H,2H2,1H3. The first-order chi connectivity index (χ1) is 7.77. The Morgan fingerprint density at radius 2 is 2.38 bits per heavy atom. The van der Waals surface area contributed by atoms with E-state index in [-0.39, 0.29) is 5.97 Å². The summed E-state index contributed by atoms with van der Waals surface area (Å²) in [6.07, 6.45) is 1.57. The maximum atomic E-state index is 11.6. The lowest BCUT2D eigenvalue weighted by molar-refractivity contribution is 0.0529. The second-order valence-corrected chi connectivity index (χ2v) is 3.26. The van der Waals surface area contributed by atoms with Crippen LogP contribution in [0.3, 0.4) is 0 Å². The number of nitriles is 1. The number of carbonyl (C=O) groups excluding carboxylic acids is 1. The summed E-state index contributed by atoms with van der Waals surface area (Å²) < 4.78 is 4.93. The summed E-state index contributed by atoms with van der Waals surface area (Å²) in [5, 5.41) is 9.62. The van der Waals surface area contributed by atoms with Crippen molar-refractivity contribution in [2.45, 2.75) is 6.92 Å². The van der Waals surface area contributed by atoms with Gasteiger partial charge in [0, 0.05) is 11.6 Å². The van der Waals surface area contributed by atoms with E-state index in [1.165, 1.54) is 0 Å². The fraction of sp³-hybridized carbons (Fsp3) is 0.167. The summed E-state index contributed by atoms with van der Waals surface area (Å²) in [6, 6.07) is 7.31. The van der Waals surface area contributed by atoms with Gasteiger partial charge in [0.15, 0.2) is 0 Å². The lowest BCUT2D eigenvalue weighted by Crippen LogP contribution is -2.03. The number of hydrogen-bond acceptors (Lipinski definition) is 3. The number of aromatic nitrogens is 1. The van der Waals surface area contributed by atoms with E-state index in [9.17, 15) is 4.79 Å². The second-order valence-electron chi connectivity index (χ2n) is 3.26. The molecule has 80 valence electrons. The molecule has 0 aliphatic heterocycles. The molecule has 0 unspecified atom stereocenters. The van der Waals surface area contributed by atoms with Gasteiger partial charge in [-0.05, 0) is 13.0 Å². The zero-order valence-electron chi connectivity index (χ0n) is 8.78. The molecule has 0 spiro atoms. The molecule has 0 amide bonds. The van der Waals surface area contributed by atoms with Crippen LogP contribution in [0, 0.1) is 11.3 Å². The molecular weight excluding hydrogens is 204 g/mol. The van der Waals surface area contributed by atoms with Crippen LogP contribution < -0.4 is 0 Å². The van der Waals surface area contributed by atoms with Crippen molar-refractivity contribution in [2.24, 2.45) is 0 Å². The van der Waals surface area contributed by atoms with E-state index in [4.69, 9.17) is 10.00 Å². The van der Waals surface area contributed by atoms with Crippen molar-refractivity contribution < 1.29 is 9.53 Å². The number of esters is 1. The van der Waals surface area contributed by atoms with Crippen LogP contribution in [0.25, 0.3) is 10.9 Å². The zero-order valence-corrected chi connectivity index (χ0v) is 8.78. The van der Waals surface area contributed by atoms with Crippen molar-refractivity contribution in [1.82, 2.24) is 4.98 Å². The van der Waals surface area contributed by atoms with Gasteiger partial charge in [-0.15, -0.1) is 0 Å². The first-order valence-electron chi connectivity index (χ1n) is 4.95. The van der Waals surface area contributed by atoms with Crippen molar-refractivity contribution in [1.29, 1.82) is 5.26 Å². The SMILES string of the molecule is CCOC(=O)c1c[nH]c2c(C#N)cccc12. The van der Waals surface area contributed by atoms with E-state index < -0.39 is 0 Å². The number of benzene rings is 1.